The molecule has 72 valence electrons. The second kappa shape index (κ2) is 3.62. The largest absolute Gasteiger partial charge is 0.298 e. The zero-order valence-electron chi connectivity index (χ0n) is 8.10. The molecule has 0 saturated heterocycles. The van der Waals surface area contributed by atoms with Gasteiger partial charge < -0.3 is 0 Å². The lowest BCUT2D eigenvalue weighted by Gasteiger charge is -2.13. The molecule has 0 bridgehead atoms. The van der Waals surface area contributed by atoms with E-state index < -0.39 is 0 Å². The van der Waals surface area contributed by atoms with Crippen LogP contribution in [0.25, 0.3) is 0 Å². The highest BCUT2D eigenvalue weighted by molar-refractivity contribution is 5.86. The van der Waals surface area contributed by atoms with Crippen molar-refractivity contribution in [3.63, 3.8) is 0 Å². The minimum absolute atomic E-state index is 0.697. The Balaban J connectivity index is 2.28. The van der Waals surface area contributed by atoms with Gasteiger partial charge in [0.1, 0.15) is 6.29 Å². The molecule has 0 aliphatic carbocycles. The number of carbonyl (C=O) groups is 1. The normalized spacial score (nSPS) is 15.5. The van der Waals surface area contributed by atoms with Crippen molar-refractivity contribution in [3.8, 4) is 0 Å². The summed E-state index contributed by atoms with van der Waals surface area (Å²) in [7, 11) is 0. The number of hydrogen-bond acceptors (Lipinski definition) is 3. The van der Waals surface area contributed by atoms with Crippen LogP contribution in [0.5, 0.6) is 0 Å². The molecule has 0 unspecified atom stereocenters. The zero-order valence-corrected chi connectivity index (χ0v) is 8.10. The van der Waals surface area contributed by atoms with Crippen molar-refractivity contribution in [1.29, 1.82) is 0 Å². The first-order valence-electron chi connectivity index (χ1n) is 4.66. The molecule has 0 radical (unpaired) electrons. The Morgan fingerprint density at radius 2 is 2.36 bits per heavy atom. The summed E-state index contributed by atoms with van der Waals surface area (Å²) in [6.07, 6.45) is 1.86. The SMILES string of the molecule is CC1=NN(c2cccc(C=O)c2)CC1. The van der Waals surface area contributed by atoms with Gasteiger partial charge in [-0.25, -0.2) is 0 Å². The average Bonchev–Trinajstić information content (AvgIpc) is 2.65. The summed E-state index contributed by atoms with van der Waals surface area (Å²) in [4.78, 5) is 10.6. The van der Waals surface area contributed by atoms with E-state index in [-0.39, 0.29) is 0 Å². The average molecular weight is 188 g/mol. The first kappa shape index (κ1) is 8.94. The Morgan fingerprint density at radius 3 is 3.00 bits per heavy atom. The number of rotatable bonds is 2. The summed E-state index contributed by atoms with van der Waals surface area (Å²) in [5.74, 6) is 0. The van der Waals surface area contributed by atoms with Crippen molar-refractivity contribution < 1.29 is 4.79 Å². The first-order valence-corrected chi connectivity index (χ1v) is 4.66. The lowest BCUT2D eigenvalue weighted by molar-refractivity contribution is 0.112. The summed E-state index contributed by atoms with van der Waals surface area (Å²) in [6, 6.07) is 7.50. The molecule has 0 fully saturated rings. The molecule has 1 aliphatic rings. The van der Waals surface area contributed by atoms with E-state index in [1.807, 2.05) is 30.1 Å². The lowest BCUT2D eigenvalue weighted by atomic mass is 10.2. The van der Waals surface area contributed by atoms with Gasteiger partial charge in [0.25, 0.3) is 0 Å². The van der Waals surface area contributed by atoms with Gasteiger partial charge in [-0.15, -0.1) is 0 Å². The maximum atomic E-state index is 10.6. The quantitative estimate of drug-likeness (QED) is 0.666. The van der Waals surface area contributed by atoms with Gasteiger partial charge in [-0.2, -0.15) is 5.10 Å². The van der Waals surface area contributed by atoms with Crippen molar-refractivity contribution >= 4 is 17.7 Å². The third-order valence-corrected chi connectivity index (χ3v) is 2.28. The molecule has 3 nitrogen and oxygen atoms in total. The fourth-order valence-electron chi connectivity index (χ4n) is 1.52. The maximum Gasteiger partial charge on any atom is 0.150 e. The van der Waals surface area contributed by atoms with Crippen LogP contribution >= 0.6 is 0 Å². The van der Waals surface area contributed by atoms with E-state index in [2.05, 4.69) is 5.10 Å². The Morgan fingerprint density at radius 1 is 1.50 bits per heavy atom. The van der Waals surface area contributed by atoms with Crippen LogP contribution in [0, 0.1) is 0 Å². The van der Waals surface area contributed by atoms with Gasteiger partial charge in [0.05, 0.1) is 5.69 Å². The molecule has 0 N–H and O–H groups in total. The third kappa shape index (κ3) is 1.66. The van der Waals surface area contributed by atoms with Crippen LogP contribution in [0.15, 0.2) is 29.4 Å². The summed E-state index contributed by atoms with van der Waals surface area (Å²) >= 11 is 0. The Kier molecular flexibility index (Phi) is 2.31. The van der Waals surface area contributed by atoms with Crippen LogP contribution in [0.3, 0.4) is 0 Å². The van der Waals surface area contributed by atoms with E-state index >= 15 is 0 Å². The Bertz CT molecular complexity index is 385. The molecule has 14 heavy (non-hydrogen) atoms. The topological polar surface area (TPSA) is 32.7 Å². The van der Waals surface area contributed by atoms with Crippen molar-refractivity contribution in [2.45, 2.75) is 13.3 Å². The highest BCUT2D eigenvalue weighted by Gasteiger charge is 2.12. The van der Waals surface area contributed by atoms with E-state index in [0.717, 1.165) is 30.7 Å². The maximum absolute atomic E-state index is 10.6. The highest BCUT2D eigenvalue weighted by Crippen LogP contribution is 2.19. The molecule has 0 amide bonds. The molecule has 1 aliphatic heterocycles. The molecule has 1 aromatic carbocycles. The molecule has 0 atom stereocenters. The Hall–Kier alpha value is -1.64. The lowest BCUT2D eigenvalue weighted by Crippen LogP contribution is -2.11. The molecule has 0 spiro atoms. The van der Waals surface area contributed by atoms with Crippen LogP contribution in [-0.2, 0) is 0 Å². The number of anilines is 1. The van der Waals surface area contributed by atoms with Crippen LogP contribution in [0.2, 0.25) is 0 Å². The monoisotopic (exact) mass is 188 g/mol. The minimum Gasteiger partial charge on any atom is -0.298 e. The smallest absolute Gasteiger partial charge is 0.150 e. The molecular weight excluding hydrogens is 176 g/mol. The summed E-state index contributed by atoms with van der Waals surface area (Å²) in [5, 5.41) is 6.30. The molecule has 1 aromatic rings. The summed E-state index contributed by atoms with van der Waals surface area (Å²) < 4.78 is 0. The standard InChI is InChI=1S/C11H12N2O/c1-9-5-6-13(12-9)11-4-2-3-10(7-11)8-14/h2-4,7-8H,5-6H2,1H3. The van der Waals surface area contributed by atoms with Gasteiger partial charge in [-0.1, -0.05) is 12.1 Å². The van der Waals surface area contributed by atoms with Crippen molar-refractivity contribution in [2.24, 2.45) is 5.10 Å². The summed E-state index contributed by atoms with van der Waals surface area (Å²) in [5.41, 5.74) is 2.83. The number of hydrogen-bond donors (Lipinski definition) is 0. The second-order valence-electron chi connectivity index (χ2n) is 3.42. The number of carbonyl (C=O) groups excluding carboxylic acids is 1. The third-order valence-electron chi connectivity index (χ3n) is 2.28. The van der Waals surface area contributed by atoms with Gasteiger partial charge in [-0.05, 0) is 19.1 Å². The zero-order chi connectivity index (χ0) is 9.97. The van der Waals surface area contributed by atoms with Crippen molar-refractivity contribution in [2.75, 3.05) is 11.6 Å². The predicted octanol–water partition coefficient (Wildman–Crippen LogP) is 2.09. The Labute approximate surface area is 83.0 Å². The summed E-state index contributed by atoms with van der Waals surface area (Å²) in [6.45, 7) is 2.93. The number of hydrazone groups is 1. The number of nitrogens with zero attached hydrogens (tertiary/aromatic N) is 2. The van der Waals surface area contributed by atoms with Crippen LogP contribution in [0.1, 0.15) is 23.7 Å². The van der Waals surface area contributed by atoms with Crippen LogP contribution < -0.4 is 5.01 Å². The number of benzene rings is 1. The van der Waals surface area contributed by atoms with Gasteiger partial charge in [0, 0.05) is 24.2 Å². The van der Waals surface area contributed by atoms with Crippen LogP contribution in [-0.4, -0.2) is 18.5 Å². The van der Waals surface area contributed by atoms with Gasteiger partial charge in [0.2, 0.25) is 0 Å². The molecule has 0 saturated carbocycles. The second-order valence-corrected chi connectivity index (χ2v) is 3.42. The molecule has 3 heteroatoms. The van der Waals surface area contributed by atoms with E-state index in [9.17, 15) is 4.79 Å². The predicted molar refractivity (Wildman–Crippen MR) is 56.9 cm³/mol. The minimum atomic E-state index is 0.697. The highest BCUT2D eigenvalue weighted by atomic mass is 16.1. The van der Waals surface area contributed by atoms with E-state index in [0.29, 0.717) is 5.56 Å². The van der Waals surface area contributed by atoms with Crippen molar-refractivity contribution in [3.05, 3.63) is 29.8 Å². The molecule has 1 heterocycles. The molecular formula is C11H12N2O. The van der Waals surface area contributed by atoms with Gasteiger partial charge in [-0.3, -0.25) is 9.80 Å². The number of aldehydes is 1. The van der Waals surface area contributed by atoms with Crippen LogP contribution in [0.4, 0.5) is 5.69 Å². The molecule has 0 aromatic heterocycles. The fourth-order valence-corrected chi connectivity index (χ4v) is 1.52. The van der Waals surface area contributed by atoms with Gasteiger partial charge in [0.15, 0.2) is 0 Å². The first-order chi connectivity index (χ1) is 6.79. The van der Waals surface area contributed by atoms with E-state index in [1.54, 1.807) is 6.07 Å². The van der Waals surface area contributed by atoms with Gasteiger partial charge >= 0.3 is 0 Å². The molecule has 2 rings (SSSR count). The van der Waals surface area contributed by atoms with E-state index in [4.69, 9.17) is 0 Å². The van der Waals surface area contributed by atoms with E-state index in [1.165, 1.54) is 0 Å². The van der Waals surface area contributed by atoms with Crippen molar-refractivity contribution in [1.82, 2.24) is 0 Å². The fraction of sp³-hybridized carbons (Fsp3) is 0.273.